The SMILES string of the molecule is O=C(NCc1ccc(F)cc1)Nc1c(Cl)cc(Cl)c2ccc(O)cc12. The van der Waals surface area contributed by atoms with E-state index in [1.165, 1.54) is 30.3 Å². The zero-order chi connectivity index (χ0) is 18.0. The van der Waals surface area contributed by atoms with Gasteiger partial charge in [0.15, 0.2) is 0 Å². The summed E-state index contributed by atoms with van der Waals surface area (Å²) in [4.78, 5) is 12.2. The predicted molar refractivity (Wildman–Crippen MR) is 97.9 cm³/mol. The van der Waals surface area contributed by atoms with Crippen molar-refractivity contribution in [3.63, 3.8) is 0 Å². The Morgan fingerprint density at radius 3 is 2.44 bits per heavy atom. The summed E-state index contributed by atoms with van der Waals surface area (Å²) >= 11 is 12.3. The Labute approximate surface area is 153 Å². The molecule has 0 bridgehead atoms. The molecule has 3 aromatic carbocycles. The third-order valence-corrected chi connectivity index (χ3v) is 4.24. The fourth-order valence-corrected chi connectivity index (χ4v) is 2.99. The summed E-state index contributed by atoms with van der Waals surface area (Å²) in [6.07, 6.45) is 0. The van der Waals surface area contributed by atoms with Gasteiger partial charge in [0.25, 0.3) is 0 Å². The number of phenolic OH excluding ortho intramolecular Hbond substituents is 1. The molecule has 2 amide bonds. The number of hydrogen-bond donors (Lipinski definition) is 3. The lowest BCUT2D eigenvalue weighted by molar-refractivity contribution is 0.252. The van der Waals surface area contributed by atoms with Crippen LogP contribution in [0.1, 0.15) is 5.56 Å². The molecule has 25 heavy (non-hydrogen) atoms. The van der Waals surface area contributed by atoms with Crippen molar-refractivity contribution >= 4 is 45.7 Å². The predicted octanol–water partition coefficient (Wildman–Crippen LogP) is 5.31. The number of fused-ring (bicyclic) bond motifs is 1. The van der Waals surface area contributed by atoms with Gasteiger partial charge < -0.3 is 15.7 Å². The lowest BCUT2D eigenvalue weighted by Crippen LogP contribution is -2.28. The van der Waals surface area contributed by atoms with Gasteiger partial charge in [-0.25, -0.2) is 9.18 Å². The van der Waals surface area contributed by atoms with E-state index in [9.17, 15) is 14.3 Å². The van der Waals surface area contributed by atoms with Crippen LogP contribution < -0.4 is 10.6 Å². The summed E-state index contributed by atoms with van der Waals surface area (Å²) in [6.45, 7) is 0.223. The van der Waals surface area contributed by atoms with Crippen molar-refractivity contribution < 1.29 is 14.3 Å². The van der Waals surface area contributed by atoms with Crippen molar-refractivity contribution in [2.75, 3.05) is 5.32 Å². The molecular formula is C18H13Cl2FN2O2. The van der Waals surface area contributed by atoms with Crippen molar-refractivity contribution in [3.05, 3.63) is 70.0 Å². The molecule has 0 aliphatic heterocycles. The van der Waals surface area contributed by atoms with Gasteiger partial charge in [0, 0.05) is 17.3 Å². The molecular weight excluding hydrogens is 366 g/mol. The smallest absolute Gasteiger partial charge is 0.319 e. The number of aromatic hydroxyl groups is 1. The molecule has 4 nitrogen and oxygen atoms in total. The number of halogens is 3. The first-order valence-electron chi connectivity index (χ1n) is 7.34. The van der Waals surface area contributed by atoms with Gasteiger partial charge in [-0.1, -0.05) is 35.3 Å². The van der Waals surface area contributed by atoms with Crippen LogP contribution in [0, 0.1) is 5.82 Å². The molecule has 0 atom stereocenters. The van der Waals surface area contributed by atoms with Gasteiger partial charge in [-0.15, -0.1) is 0 Å². The summed E-state index contributed by atoms with van der Waals surface area (Å²) in [5, 5.41) is 16.9. The zero-order valence-corrected chi connectivity index (χ0v) is 14.3. The quantitative estimate of drug-likeness (QED) is 0.577. The zero-order valence-electron chi connectivity index (χ0n) is 12.8. The Hall–Kier alpha value is -2.50. The maximum atomic E-state index is 12.9. The molecule has 0 aromatic heterocycles. The van der Waals surface area contributed by atoms with E-state index in [2.05, 4.69) is 10.6 Å². The van der Waals surface area contributed by atoms with Crippen LogP contribution in [0.15, 0.2) is 48.5 Å². The van der Waals surface area contributed by atoms with Crippen LogP contribution >= 0.6 is 23.2 Å². The Kier molecular flexibility index (Phi) is 4.97. The van der Waals surface area contributed by atoms with E-state index in [0.29, 0.717) is 21.5 Å². The van der Waals surface area contributed by atoms with Crippen LogP contribution in [0.25, 0.3) is 10.8 Å². The minimum absolute atomic E-state index is 0.0283. The Morgan fingerprint density at radius 1 is 1.00 bits per heavy atom. The standard InChI is InChI=1S/C18H13Cl2FN2O2/c19-15-8-16(20)17(14-7-12(24)5-6-13(14)15)23-18(25)22-9-10-1-3-11(21)4-2-10/h1-8,24H,9H2,(H2,22,23,25). The number of amides is 2. The van der Waals surface area contributed by atoms with Crippen LogP contribution in [0.3, 0.4) is 0 Å². The summed E-state index contributed by atoms with van der Waals surface area (Å²) in [6, 6.07) is 11.5. The fourth-order valence-electron chi connectivity index (χ4n) is 2.41. The fraction of sp³-hybridized carbons (Fsp3) is 0.0556. The van der Waals surface area contributed by atoms with Gasteiger partial charge in [0.2, 0.25) is 0 Å². The molecule has 3 N–H and O–H groups in total. The molecule has 0 aliphatic rings. The molecule has 0 spiro atoms. The second kappa shape index (κ2) is 7.17. The first-order chi connectivity index (χ1) is 11.9. The van der Waals surface area contributed by atoms with Crippen LogP contribution in [0.4, 0.5) is 14.9 Å². The monoisotopic (exact) mass is 378 g/mol. The number of nitrogens with one attached hydrogen (secondary N) is 2. The van der Waals surface area contributed by atoms with Gasteiger partial charge >= 0.3 is 6.03 Å². The summed E-state index contributed by atoms with van der Waals surface area (Å²) in [5.74, 6) is -0.312. The molecule has 7 heteroatoms. The largest absolute Gasteiger partial charge is 0.508 e. The van der Waals surface area contributed by atoms with Crippen LogP contribution in [0.2, 0.25) is 10.0 Å². The highest BCUT2D eigenvalue weighted by Crippen LogP contribution is 2.37. The minimum atomic E-state index is -0.488. The number of hydrogen-bond acceptors (Lipinski definition) is 2. The maximum Gasteiger partial charge on any atom is 0.319 e. The molecule has 3 rings (SSSR count). The lowest BCUT2D eigenvalue weighted by Gasteiger charge is -2.13. The van der Waals surface area contributed by atoms with Gasteiger partial charge in [-0.05, 0) is 42.0 Å². The molecule has 0 saturated heterocycles. The van der Waals surface area contributed by atoms with Gasteiger partial charge in [-0.3, -0.25) is 0 Å². The van der Waals surface area contributed by atoms with E-state index in [-0.39, 0.29) is 23.1 Å². The first-order valence-corrected chi connectivity index (χ1v) is 8.09. The summed E-state index contributed by atoms with van der Waals surface area (Å²) in [5.41, 5.74) is 1.09. The third-order valence-electron chi connectivity index (χ3n) is 3.63. The number of carbonyl (C=O) groups excluding carboxylic acids is 1. The van der Waals surface area contributed by atoms with E-state index in [0.717, 1.165) is 5.56 Å². The molecule has 0 heterocycles. The summed E-state index contributed by atoms with van der Waals surface area (Å²) in [7, 11) is 0. The van der Waals surface area contributed by atoms with Crippen molar-refractivity contribution in [1.29, 1.82) is 0 Å². The van der Waals surface area contributed by atoms with Gasteiger partial charge in [0.05, 0.1) is 15.7 Å². The van der Waals surface area contributed by atoms with Crippen LogP contribution in [0.5, 0.6) is 5.75 Å². The molecule has 0 unspecified atom stereocenters. The average molecular weight is 379 g/mol. The molecule has 0 fully saturated rings. The van der Waals surface area contributed by atoms with Gasteiger partial charge in [-0.2, -0.15) is 0 Å². The number of benzene rings is 3. The molecule has 3 aromatic rings. The molecule has 128 valence electrons. The highest BCUT2D eigenvalue weighted by molar-refractivity contribution is 6.41. The lowest BCUT2D eigenvalue weighted by atomic mass is 10.1. The Balaban J connectivity index is 1.81. The van der Waals surface area contributed by atoms with Crippen molar-refractivity contribution in [3.8, 4) is 5.75 Å². The van der Waals surface area contributed by atoms with E-state index in [4.69, 9.17) is 23.2 Å². The van der Waals surface area contributed by atoms with Crippen LogP contribution in [-0.4, -0.2) is 11.1 Å². The third kappa shape index (κ3) is 3.95. The van der Waals surface area contributed by atoms with E-state index in [1.807, 2.05) is 0 Å². The van der Waals surface area contributed by atoms with Gasteiger partial charge in [0.1, 0.15) is 11.6 Å². The Morgan fingerprint density at radius 2 is 1.72 bits per heavy atom. The van der Waals surface area contributed by atoms with E-state index in [1.54, 1.807) is 18.2 Å². The first kappa shape index (κ1) is 17.3. The Bertz CT molecular complexity index is 946. The van der Waals surface area contributed by atoms with Crippen molar-refractivity contribution in [2.24, 2.45) is 0 Å². The molecule has 0 aliphatic carbocycles. The number of rotatable bonds is 3. The van der Waals surface area contributed by atoms with E-state index >= 15 is 0 Å². The summed E-state index contributed by atoms with van der Waals surface area (Å²) < 4.78 is 12.9. The van der Waals surface area contributed by atoms with E-state index < -0.39 is 6.03 Å². The number of phenols is 1. The average Bonchev–Trinajstić information content (AvgIpc) is 2.58. The topological polar surface area (TPSA) is 61.4 Å². The second-order valence-corrected chi connectivity index (χ2v) is 6.19. The van der Waals surface area contributed by atoms with Crippen molar-refractivity contribution in [2.45, 2.75) is 6.54 Å². The molecule has 0 saturated carbocycles. The number of carbonyl (C=O) groups is 1. The number of anilines is 1. The highest BCUT2D eigenvalue weighted by Gasteiger charge is 2.13. The number of urea groups is 1. The van der Waals surface area contributed by atoms with Crippen molar-refractivity contribution in [1.82, 2.24) is 5.32 Å². The maximum absolute atomic E-state index is 12.9. The normalized spacial score (nSPS) is 10.7. The second-order valence-electron chi connectivity index (χ2n) is 5.38. The highest BCUT2D eigenvalue weighted by atomic mass is 35.5. The van der Waals surface area contributed by atoms with Crippen LogP contribution in [-0.2, 0) is 6.54 Å². The molecule has 0 radical (unpaired) electrons. The minimum Gasteiger partial charge on any atom is -0.508 e.